The van der Waals surface area contributed by atoms with Crippen LogP contribution < -0.4 is 4.74 Å². The predicted octanol–water partition coefficient (Wildman–Crippen LogP) is 8.73. The molecule has 0 aliphatic heterocycles. The van der Waals surface area contributed by atoms with E-state index < -0.39 is 17.5 Å². The lowest BCUT2D eigenvalue weighted by molar-refractivity contribution is 0.290. The molecular weight excluding hydrogens is 421 g/mol. The molecule has 33 heavy (non-hydrogen) atoms. The summed E-state index contributed by atoms with van der Waals surface area (Å²) in [6.45, 7) is 4.21. The van der Waals surface area contributed by atoms with Crippen molar-refractivity contribution in [2.75, 3.05) is 0 Å². The number of rotatable bonds is 7. The topological polar surface area (TPSA) is 9.23 Å². The van der Waals surface area contributed by atoms with Crippen molar-refractivity contribution < 1.29 is 17.9 Å². The molecule has 0 spiro atoms. The molecule has 1 aliphatic rings. The lowest BCUT2D eigenvalue weighted by Crippen LogP contribution is -2.15. The van der Waals surface area contributed by atoms with Crippen molar-refractivity contribution in [1.82, 2.24) is 0 Å². The van der Waals surface area contributed by atoms with Crippen LogP contribution >= 0.6 is 0 Å². The van der Waals surface area contributed by atoms with Gasteiger partial charge in [0, 0.05) is 5.56 Å². The fourth-order valence-corrected chi connectivity index (χ4v) is 4.94. The van der Waals surface area contributed by atoms with Crippen LogP contribution in [0.2, 0.25) is 0 Å². The van der Waals surface area contributed by atoms with E-state index in [1.165, 1.54) is 18.9 Å². The van der Waals surface area contributed by atoms with E-state index in [9.17, 15) is 4.39 Å². The van der Waals surface area contributed by atoms with E-state index in [0.717, 1.165) is 42.7 Å². The van der Waals surface area contributed by atoms with Crippen LogP contribution in [-0.2, 0) is 6.61 Å². The number of benzene rings is 3. The zero-order valence-corrected chi connectivity index (χ0v) is 19.3. The maximum Gasteiger partial charge on any atom is 0.166 e. The van der Waals surface area contributed by atoms with E-state index in [4.69, 9.17) is 4.74 Å². The molecule has 0 bridgehead atoms. The standard InChI is InChI=1S/C29H31F3O/c1-3-4-20-6-10-22(11-7-20)24-14-15-25(29(32)28(24)31)23-12-8-21(9-13-23)18-33-27-16-5-19(2)17-26(27)30/h5,8-9,12-17,20,22H,3-4,6-7,10-11,18H2,1-2H3. The maximum atomic E-state index is 15.0. The molecule has 0 N–H and O–H groups in total. The van der Waals surface area contributed by atoms with E-state index in [1.807, 2.05) is 6.92 Å². The average molecular weight is 453 g/mol. The van der Waals surface area contributed by atoms with Gasteiger partial charge in [-0.15, -0.1) is 0 Å². The molecule has 0 heterocycles. The van der Waals surface area contributed by atoms with Gasteiger partial charge in [-0.1, -0.05) is 62.2 Å². The Balaban J connectivity index is 1.44. The summed E-state index contributed by atoms with van der Waals surface area (Å²) < 4.78 is 49.5. The van der Waals surface area contributed by atoms with Crippen LogP contribution in [-0.4, -0.2) is 0 Å². The molecular formula is C29H31F3O. The quantitative estimate of drug-likeness (QED) is 0.348. The van der Waals surface area contributed by atoms with Crippen LogP contribution in [0, 0.1) is 30.3 Å². The van der Waals surface area contributed by atoms with Gasteiger partial charge in [0.1, 0.15) is 6.61 Å². The number of aryl methyl sites for hydroxylation is 1. The molecule has 0 saturated heterocycles. The molecule has 3 aromatic carbocycles. The fourth-order valence-electron chi connectivity index (χ4n) is 4.94. The Morgan fingerprint density at radius 2 is 1.58 bits per heavy atom. The second-order valence-electron chi connectivity index (χ2n) is 9.26. The number of hydrogen-bond acceptors (Lipinski definition) is 1. The van der Waals surface area contributed by atoms with Crippen LogP contribution in [0.1, 0.15) is 68.1 Å². The summed E-state index contributed by atoms with van der Waals surface area (Å²) in [7, 11) is 0. The van der Waals surface area contributed by atoms with Gasteiger partial charge in [0.25, 0.3) is 0 Å². The maximum absolute atomic E-state index is 15.0. The van der Waals surface area contributed by atoms with Crippen molar-refractivity contribution in [1.29, 1.82) is 0 Å². The van der Waals surface area contributed by atoms with Crippen molar-refractivity contribution in [3.05, 3.63) is 88.7 Å². The third-order valence-corrected chi connectivity index (χ3v) is 6.84. The van der Waals surface area contributed by atoms with Gasteiger partial charge in [-0.2, -0.15) is 0 Å². The number of hydrogen-bond donors (Lipinski definition) is 0. The Hall–Kier alpha value is -2.75. The molecule has 1 saturated carbocycles. The van der Waals surface area contributed by atoms with Gasteiger partial charge in [-0.3, -0.25) is 0 Å². The highest BCUT2D eigenvalue weighted by Gasteiger charge is 2.26. The molecule has 1 fully saturated rings. The molecule has 0 atom stereocenters. The second kappa shape index (κ2) is 10.5. The molecule has 1 aliphatic carbocycles. The molecule has 174 valence electrons. The van der Waals surface area contributed by atoms with Gasteiger partial charge in [-0.05, 0) is 78.8 Å². The fraction of sp³-hybridized carbons (Fsp3) is 0.379. The van der Waals surface area contributed by atoms with E-state index in [1.54, 1.807) is 48.5 Å². The van der Waals surface area contributed by atoms with Crippen molar-refractivity contribution in [3.8, 4) is 16.9 Å². The molecule has 1 nitrogen and oxygen atoms in total. The smallest absolute Gasteiger partial charge is 0.166 e. The first-order valence-corrected chi connectivity index (χ1v) is 11.9. The Labute approximate surface area is 194 Å². The van der Waals surface area contributed by atoms with Crippen LogP contribution in [0.15, 0.2) is 54.6 Å². The molecule has 4 rings (SSSR count). The van der Waals surface area contributed by atoms with E-state index >= 15 is 8.78 Å². The van der Waals surface area contributed by atoms with Crippen LogP contribution in [0.4, 0.5) is 13.2 Å². The first-order valence-electron chi connectivity index (χ1n) is 11.9. The lowest BCUT2D eigenvalue weighted by Gasteiger charge is -2.29. The van der Waals surface area contributed by atoms with E-state index in [-0.39, 0.29) is 23.8 Å². The number of ether oxygens (including phenoxy) is 1. The van der Waals surface area contributed by atoms with Crippen LogP contribution in [0.3, 0.4) is 0 Å². The third-order valence-electron chi connectivity index (χ3n) is 6.84. The van der Waals surface area contributed by atoms with Gasteiger partial charge >= 0.3 is 0 Å². The highest BCUT2D eigenvalue weighted by atomic mass is 19.2. The summed E-state index contributed by atoms with van der Waals surface area (Å²) in [5.41, 5.74) is 3.02. The minimum atomic E-state index is -0.783. The Morgan fingerprint density at radius 1 is 0.848 bits per heavy atom. The van der Waals surface area contributed by atoms with Crippen molar-refractivity contribution in [3.63, 3.8) is 0 Å². The average Bonchev–Trinajstić information content (AvgIpc) is 2.82. The molecule has 4 heteroatoms. The van der Waals surface area contributed by atoms with Crippen molar-refractivity contribution in [2.45, 2.75) is 64.9 Å². The van der Waals surface area contributed by atoms with Crippen LogP contribution in [0.5, 0.6) is 5.75 Å². The second-order valence-corrected chi connectivity index (χ2v) is 9.26. The minimum absolute atomic E-state index is 0.100. The minimum Gasteiger partial charge on any atom is -0.486 e. The Bertz CT molecular complexity index is 1080. The van der Waals surface area contributed by atoms with E-state index in [0.29, 0.717) is 11.1 Å². The summed E-state index contributed by atoms with van der Waals surface area (Å²) in [5, 5.41) is 0. The molecule has 3 aromatic rings. The van der Waals surface area contributed by atoms with Gasteiger partial charge in [0.05, 0.1) is 0 Å². The largest absolute Gasteiger partial charge is 0.486 e. The van der Waals surface area contributed by atoms with Crippen LogP contribution in [0.25, 0.3) is 11.1 Å². The highest BCUT2D eigenvalue weighted by molar-refractivity contribution is 5.65. The lowest BCUT2D eigenvalue weighted by atomic mass is 9.77. The SMILES string of the molecule is CCCC1CCC(c2ccc(-c3ccc(COc4ccc(C)cc4F)cc3)c(F)c2F)CC1. The first kappa shape index (κ1) is 23.4. The number of halogens is 3. The third kappa shape index (κ3) is 5.43. The summed E-state index contributed by atoms with van der Waals surface area (Å²) >= 11 is 0. The highest BCUT2D eigenvalue weighted by Crippen LogP contribution is 2.40. The Kier molecular flexibility index (Phi) is 7.42. The predicted molar refractivity (Wildman–Crippen MR) is 127 cm³/mol. The normalized spacial score (nSPS) is 18.3. The Morgan fingerprint density at radius 3 is 2.24 bits per heavy atom. The summed E-state index contributed by atoms with van der Waals surface area (Å²) in [5.74, 6) is -0.880. The zero-order chi connectivity index (χ0) is 23.4. The summed E-state index contributed by atoms with van der Waals surface area (Å²) in [6.07, 6.45) is 6.45. The van der Waals surface area contributed by atoms with Crippen molar-refractivity contribution >= 4 is 0 Å². The van der Waals surface area contributed by atoms with Gasteiger partial charge in [0.15, 0.2) is 23.2 Å². The summed E-state index contributed by atoms with van der Waals surface area (Å²) in [4.78, 5) is 0. The summed E-state index contributed by atoms with van der Waals surface area (Å²) in [6, 6.07) is 15.4. The molecule has 0 unspecified atom stereocenters. The first-order chi connectivity index (χ1) is 16.0. The van der Waals surface area contributed by atoms with Gasteiger partial charge < -0.3 is 4.74 Å². The molecule has 0 amide bonds. The molecule has 0 aromatic heterocycles. The molecule has 0 radical (unpaired) electrons. The van der Waals surface area contributed by atoms with Gasteiger partial charge in [0.2, 0.25) is 0 Å². The van der Waals surface area contributed by atoms with Crippen molar-refractivity contribution in [2.24, 2.45) is 5.92 Å². The monoisotopic (exact) mass is 452 g/mol. The zero-order valence-electron chi connectivity index (χ0n) is 19.3. The van der Waals surface area contributed by atoms with E-state index in [2.05, 4.69) is 6.92 Å². The van der Waals surface area contributed by atoms with Gasteiger partial charge in [-0.25, -0.2) is 13.2 Å².